The fourth-order valence-electron chi connectivity index (χ4n) is 1.94. The van der Waals surface area contributed by atoms with E-state index in [9.17, 15) is 9.59 Å². The van der Waals surface area contributed by atoms with Gasteiger partial charge < -0.3 is 10.2 Å². The molecule has 2 amide bonds. The molecule has 1 aliphatic heterocycles. The summed E-state index contributed by atoms with van der Waals surface area (Å²) in [4.78, 5) is 25.0. The van der Waals surface area contributed by atoms with Gasteiger partial charge in [-0.15, -0.1) is 5.10 Å². The lowest BCUT2D eigenvalue weighted by Crippen LogP contribution is -2.57. The summed E-state index contributed by atoms with van der Waals surface area (Å²) in [7, 11) is 1.76. The third-order valence-electron chi connectivity index (χ3n) is 2.78. The number of rotatable bonds is 3. The van der Waals surface area contributed by atoms with E-state index in [0.717, 1.165) is 0 Å². The van der Waals surface area contributed by atoms with E-state index in [4.69, 9.17) is 0 Å². The maximum Gasteiger partial charge on any atom is 0.243 e. The highest BCUT2D eigenvalue weighted by Gasteiger charge is 2.33. The first-order valence-corrected chi connectivity index (χ1v) is 5.54. The molecule has 0 bridgehead atoms. The van der Waals surface area contributed by atoms with Crippen LogP contribution in [-0.4, -0.2) is 44.3 Å². The van der Waals surface area contributed by atoms with Crippen LogP contribution in [0.3, 0.4) is 0 Å². The minimum atomic E-state index is -0.404. The Morgan fingerprint density at radius 1 is 1.53 bits per heavy atom. The van der Waals surface area contributed by atoms with Gasteiger partial charge in [0.2, 0.25) is 11.8 Å². The van der Waals surface area contributed by atoms with Crippen molar-refractivity contribution in [2.45, 2.75) is 25.9 Å². The standard InChI is InChI=1S/C10H15N5O2/c1-3-8-10(17)11-4-9(16)15(8)6-7-5-14(2)13-12-7/h5,8H,3-4,6H2,1-2H3,(H,11,17). The normalized spacial score (nSPS) is 20.6. The highest BCUT2D eigenvalue weighted by molar-refractivity contribution is 5.94. The molecule has 1 fully saturated rings. The Morgan fingerprint density at radius 3 is 2.88 bits per heavy atom. The van der Waals surface area contributed by atoms with E-state index >= 15 is 0 Å². The molecule has 7 heteroatoms. The van der Waals surface area contributed by atoms with Gasteiger partial charge in [0.15, 0.2) is 0 Å². The molecule has 1 N–H and O–H groups in total. The first-order valence-electron chi connectivity index (χ1n) is 5.54. The van der Waals surface area contributed by atoms with Crippen LogP contribution < -0.4 is 5.32 Å². The van der Waals surface area contributed by atoms with Gasteiger partial charge in [0.1, 0.15) is 11.7 Å². The SMILES string of the molecule is CCC1C(=O)NCC(=O)N1Cc1cn(C)nn1. The lowest BCUT2D eigenvalue weighted by molar-refractivity contribution is -0.146. The van der Waals surface area contributed by atoms with E-state index in [1.807, 2.05) is 6.92 Å². The Kier molecular flexibility index (Phi) is 3.08. The van der Waals surface area contributed by atoms with Crippen LogP contribution in [0.15, 0.2) is 6.20 Å². The molecule has 0 saturated carbocycles. The monoisotopic (exact) mass is 237 g/mol. The van der Waals surface area contributed by atoms with Gasteiger partial charge in [-0.25, -0.2) is 0 Å². The van der Waals surface area contributed by atoms with Crippen molar-refractivity contribution < 1.29 is 9.59 Å². The summed E-state index contributed by atoms with van der Waals surface area (Å²) >= 11 is 0. The zero-order valence-corrected chi connectivity index (χ0v) is 9.88. The maximum atomic E-state index is 11.8. The van der Waals surface area contributed by atoms with Gasteiger partial charge in [-0.3, -0.25) is 14.3 Å². The summed E-state index contributed by atoms with van der Waals surface area (Å²) in [5.74, 6) is -0.182. The van der Waals surface area contributed by atoms with Gasteiger partial charge in [-0.2, -0.15) is 0 Å². The number of carbonyl (C=O) groups excluding carboxylic acids is 2. The van der Waals surface area contributed by atoms with Crippen LogP contribution in [0.1, 0.15) is 19.0 Å². The van der Waals surface area contributed by atoms with Crippen LogP contribution in [0.5, 0.6) is 0 Å². The summed E-state index contributed by atoms with van der Waals surface area (Å²) in [5, 5.41) is 10.3. The fourth-order valence-corrected chi connectivity index (χ4v) is 1.94. The fraction of sp³-hybridized carbons (Fsp3) is 0.600. The lowest BCUT2D eigenvalue weighted by atomic mass is 10.1. The quantitative estimate of drug-likeness (QED) is 0.735. The van der Waals surface area contributed by atoms with Crippen molar-refractivity contribution in [1.82, 2.24) is 25.2 Å². The molecule has 0 spiro atoms. The number of amides is 2. The molecule has 0 radical (unpaired) electrons. The highest BCUT2D eigenvalue weighted by Crippen LogP contribution is 2.12. The molecule has 1 aromatic heterocycles. The van der Waals surface area contributed by atoms with Crippen LogP contribution in [0, 0.1) is 0 Å². The van der Waals surface area contributed by atoms with Crippen molar-refractivity contribution in [3.63, 3.8) is 0 Å². The highest BCUT2D eigenvalue weighted by atomic mass is 16.2. The number of nitrogens with one attached hydrogen (secondary N) is 1. The summed E-state index contributed by atoms with van der Waals surface area (Å²) in [6.45, 7) is 2.28. The van der Waals surface area contributed by atoms with Gasteiger partial charge in [0.25, 0.3) is 0 Å². The Hall–Kier alpha value is -1.92. The Bertz CT molecular complexity index is 442. The Labute approximate surface area is 98.8 Å². The molecule has 92 valence electrons. The molecule has 17 heavy (non-hydrogen) atoms. The zero-order chi connectivity index (χ0) is 12.4. The molecule has 1 saturated heterocycles. The van der Waals surface area contributed by atoms with Gasteiger partial charge in [-0.1, -0.05) is 12.1 Å². The smallest absolute Gasteiger partial charge is 0.243 e. The van der Waals surface area contributed by atoms with E-state index < -0.39 is 6.04 Å². The first kappa shape index (κ1) is 11.6. The van der Waals surface area contributed by atoms with Gasteiger partial charge in [0.05, 0.1) is 13.1 Å². The second kappa shape index (κ2) is 4.52. The maximum absolute atomic E-state index is 11.8. The van der Waals surface area contributed by atoms with Crippen molar-refractivity contribution >= 4 is 11.8 Å². The van der Waals surface area contributed by atoms with Crippen LogP contribution in [0.2, 0.25) is 0 Å². The molecule has 1 aliphatic rings. The summed E-state index contributed by atoms with van der Waals surface area (Å²) < 4.78 is 1.57. The average molecular weight is 237 g/mol. The van der Waals surface area contributed by atoms with E-state index in [1.165, 1.54) is 0 Å². The van der Waals surface area contributed by atoms with E-state index in [-0.39, 0.29) is 18.4 Å². The van der Waals surface area contributed by atoms with Crippen LogP contribution in [0.25, 0.3) is 0 Å². The second-order valence-electron chi connectivity index (χ2n) is 4.05. The molecule has 1 aromatic rings. The number of hydrogen-bond donors (Lipinski definition) is 1. The predicted octanol–water partition coefficient (Wildman–Crippen LogP) is -0.948. The van der Waals surface area contributed by atoms with Crippen molar-refractivity contribution in [2.75, 3.05) is 6.54 Å². The number of aromatic nitrogens is 3. The lowest BCUT2D eigenvalue weighted by Gasteiger charge is -2.33. The molecule has 1 atom stereocenters. The largest absolute Gasteiger partial charge is 0.345 e. The van der Waals surface area contributed by atoms with Crippen molar-refractivity contribution in [3.8, 4) is 0 Å². The summed E-state index contributed by atoms with van der Waals surface area (Å²) in [6, 6.07) is -0.404. The molecular weight excluding hydrogens is 222 g/mol. The molecular formula is C10H15N5O2. The first-order chi connectivity index (χ1) is 8.11. The van der Waals surface area contributed by atoms with E-state index in [0.29, 0.717) is 18.7 Å². The van der Waals surface area contributed by atoms with Crippen molar-refractivity contribution in [3.05, 3.63) is 11.9 Å². The molecule has 1 unspecified atom stereocenters. The summed E-state index contributed by atoms with van der Waals surface area (Å²) in [6.07, 6.45) is 2.34. The minimum Gasteiger partial charge on any atom is -0.345 e. The van der Waals surface area contributed by atoms with Gasteiger partial charge in [0, 0.05) is 13.2 Å². The predicted molar refractivity (Wildman–Crippen MR) is 58.6 cm³/mol. The molecule has 2 rings (SSSR count). The average Bonchev–Trinajstić information content (AvgIpc) is 2.70. The van der Waals surface area contributed by atoms with Crippen LogP contribution >= 0.6 is 0 Å². The van der Waals surface area contributed by atoms with E-state index in [1.54, 1.807) is 22.8 Å². The minimum absolute atomic E-state index is 0.0651. The van der Waals surface area contributed by atoms with Gasteiger partial charge in [-0.05, 0) is 6.42 Å². The Morgan fingerprint density at radius 2 is 2.29 bits per heavy atom. The van der Waals surface area contributed by atoms with Crippen molar-refractivity contribution in [2.24, 2.45) is 7.05 Å². The van der Waals surface area contributed by atoms with Crippen LogP contribution in [-0.2, 0) is 23.2 Å². The number of nitrogens with zero attached hydrogens (tertiary/aromatic N) is 4. The molecule has 0 aliphatic carbocycles. The van der Waals surface area contributed by atoms with E-state index in [2.05, 4.69) is 15.6 Å². The number of piperazine rings is 1. The molecule has 2 heterocycles. The van der Waals surface area contributed by atoms with Crippen LogP contribution in [0.4, 0.5) is 0 Å². The number of carbonyl (C=O) groups is 2. The Balaban J connectivity index is 2.15. The molecule has 0 aromatic carbocycles. The van der Waals surface area contributed by atoms with Crippen molar-refractivity contribution in [1.29, 1.82) is 0 Å². The third kappa shape index (κ3) is 2.27. The zero-order valence-electron chi connectivity index (χ0n) is 9.88. The third-order valence-corrected chi connectivity index (χ3v) is 2.78. The number of aryl methyl sites for hydroxylation is 1. The topological polar surface area (TPSA) is 80.1 Å². The van der Waals surface area contributed by atoms with Gasteiger partial charge >= 0.3 is 0 Å². The number of hydrogen-bond acceptors (Lipinski definition) is 4. The molecule has 7 nitrogen and oxygen atoms in total. The summed E-state index contributed by atoms with van der Waals surface area (Å²) in [5.41, 5.74) is 0.689. The second-order valence-corrected chi connectivity index (χ2v) is 4.05.